The summed E-state index contributed by atoms with van der Waals surface area (Å²) in [7, 11) is 1.57. The van der Waals surface area contributed by atoms with E-state index in [9.17, 15) is 15.0 Å². The zero-order chi connectivity index (χ0) is 18.5. The molecule has 1 aliphatic rings. The number of ether oxygens (including phenoxy) is 1. The number of hydrogen-bond acceptors (Lipinski definition) is 3. The van der Waals surface area contributed by atoms with Gasteiger partial charge in [-0.2, -0.15) is 0 Å². The molecule has 1 aliphatic carbocycles. The van der Waals surface area contributed by atoms with Gasteiger partial charge in [-0.05, 0) is 43.0 Å². The second-order valence-corrected chi connectivity index (χ2v) is 7.09. The molecule has 0 radical (unpaired) electrons. The van der Waals surface area contributed by atoms with Crippen LogP contribution in [0, 0.1) is 0 Å². The molecule has 0 bridgehead atoms. The minimum atomic E-state index is -0.996. The number of aromatic carboxylic acids is 1. The Morgan fingerprint density at radius 1 is 1.27 bits per heavy atom. The first-order chi connectivity index (χ1) is 12.4. The Kier molecular flexibility index (Phi) is 3.93. The minimum Gasteiger partial charge on any atom is -0.496 e. The number of aliphatic hydroxyl groups is 1. The Bertz CT molecular complexity index is 1020. The Labute approximate surface area is 155 Å². The molecule has 5 nitrogen and oxygen atoms in total. The first-order valence-electron chi connectivity index (χ1n) is 8.38. The molecule has 1 heterocycles. The SMILES string of the molecule is COc1cc(-c2cc3c(C(=O)O)c[nH]c3cc2Cl)ccc1C1(O)CCC1. The smallest absolute Gasteiger partial charge is 0.337 e. The number of H-pyrrole nitrogens is 1. The number of nitrogens with one attached hydrogen (secondary N) is 1. The van der Waals surface area contributed by atoms with Gasteiger partial charge >= 0.3 is 5.97 Å². The summed E-state index contributed by atoms with van der Waals surface area (Å²) >= 11 is 6.43. The molecule has 4 rings (SSSR count). The summed E-state index contributed by atoms with van der Waals surface area (Å²) in [6.45, 7) is 0. The topological polar surface area (TPSA) is 82.5 Å². The van der Waals surface area contributed by atoms with Crippen molar-refractivity contribution >= 4 is 28.5 Å². The van der Waals surface area contributed by atoms with Gasteiger partial charge in [0.05, 0.1) is 23.3 Å². The number of benzene rings is 2. The number of carbonyl (C=O) groups is 1. The maximum atomic E-state index is 11.4. The van der Waals surface area contributed by atoms with Crippen molar-refractivity contribution in [1.29, 1.82) is 0 Å². The van der Waals surface area contributed by atoms with Crippen LogP contribution < -0.4 is 4.74 Å². The Morgan fingerprint density at radius 3 is 2.65 bits per heavy atom. The molecule has 134 valence electrons. The highest BCUT2D eigenvalue weighted by atomic mass is 35.5. The van der Waals surface area contributed by atoms with Gasteiger partial charge in [0, 0.05) is 28.2 Å². The van der Waals surface area contributed by atoms with E-state index in [1.807, 2.05) is 18.2 Å². The molecule has 1 saturated carbocycles. The number of carboxylic acid groups (broad SMARTS) is 1. The average Bonchev–Trinajstić information content (AvgIpc) is 3.01. The summed E-state index contributed by atoms with van der Waals surface area (Å²) < 4.78 is 5.50. The number of aromatic nitrogens is 1. The van der Waals surface area contributed by atoms with Crippen molar-refractivity contribution in [2.75, 3.05) is 7.11 Å². The number of rotatable bonds is 4. The van der Waals surface area contributed by atoms with Crippen molar-refractivity contribution < 1.29 is 19.7 Å². The third-order valence-electron chi connectivity index (χ3n) is 5.19. The second kappa shape index (κ2) is 6.04. The van der Waals surface area contributed by atoms with Gasteiger partial charge in [-0.25, -0.2) is 4.79 Å². The molecule has 0 atom stereocenters. The number of aromatic amines is 1. The average molecular weight is 372 g/mol. The van der Waals surface area contributed by atoms with E-state index >= 15 is 0 Å². The summed E-state index contributed by atoms with van der Waals surface area (Å²) in [6, 6.07) is 9.08. The van der Waals surface area contributed by atoms with Crippen molar-refractivity contribution in [1.82, 2.24) is 4.98 Å². The third kappa shape index (κ3) is 2.55. The molecule has 0 amide bonds. The van der Waals surface area contributed by atoms with Gasteiger partial charge in [-0.3, -0.25) is 0 Å². The van der Waals surface area contributed by atoms with Crippen molar-refractivity contribution in [2.45, 2.75) is 24.9 Å². The van der Waals surface area contributed by atoms with Crippen LogP contribution in [0.5, 0.6) is 5.75 Å². The third-order valence-corrected chi connectivity index (χ3v) is 5.51. The van der Waals surface area contributed by atoms with Gasteiger partial charge in [0.15, 0.2) is 0 Å². The van der Waals surface area contributed by atoms with Gasteiger partial charge in [-0.15, -0.1) is 0 Å². The highest BCUT2D eigenvalue weighted by Crippen LogP contribution is 2.46. The highest BCUT2D eigenvalue weighted by Gasteiger charge is 2.38. The fourth-order valence-corrected chi connectivity index (χ4v) is 3.84. The van der Waals surface area contributed by atoms with Gasteiger partial charge < -0.3 is 19.9 Å². The van der Waals surface area contributed by atoms with E-state index in [1.165, 1.54) is 6.20 Å². The summed E-state index contributed by atoms with van der Waals surface area (Å²) in [5.74, 6) is -0.391. The number of methoxy groups -OCH3 is 1. The standard InChI is InChI=1S/C20H18ClNO4/c1-26-18-7-11(3-4-15(18)20(25)5-2-6-20)12-8-13-14(19(23)24)10-22-17(13)9-16(12)21/h3-4,7-10,22,25H,2,5-6H2,1H3,(H,23,24). The summed E-state index contributed by atoms with van der Waals surface area (Å²) in [6.07, 6.45) is 3.90. The lowest BCUT2D eigenvalue weighted by atomic mass is 9.74. The van der Waals surface area contributed by atoms with E-state index in [0.717, 1.165) is 30.4 Å². The molecule has 0 aliphatic heterocycles. The predicted molar refractivity (Wildman–Crippen MR) is 100 cm³/mol. The van der Waals surface area contributed by atoms with Crippen LogP contribution in [0.25, 0.3) is 22.0 Å². The molecule has 1 fully saturated rings. The summed E-state index contributed by atoms with van der Waals surface area (Å²) in [4.78, 5) is 14.3. The van der Waals surface area contributed by atoms with Gasteiger partial charge in [0.2, 0.25) is 0 Å². The van der Waals surface area contributed by atoms with E-state index in [1.54, 1.807) is 19.2 Å². The largest absolute Gasteiger partial charge is 0.496 e. The quantitative estimate of drug-likeness (QED) is 0.627. The van der Waals surface area contributed by atoms with E-state index in [0.29, 0.717) is 27.2 Å². The molecule has 1 aromatic heterocycles. The van der Waals surface area contributed by atoms with Gasteiger partial charge in [0.1, 0.15) is 5.75 Å². The van der Waals surface area contributed by atoms with Crippen molar-refractivity contribution in [3.8, 4) is 16.9 Å². The zero-order valence-corrected chi connectivity index (χ0v) is 14.9. The van der Waals surface area contributed by atoms with E-state index in [4.69, 9.17) is 16.3 Å². The van der Waals surface area contributed by atoms with Crippen molar-refractivity contribution in [3.05, 3.63) is 52.7 Å². The molecular formula is C20H18ClNO4. The van der Waals surface area contributed by atoms with Gasteiger partial charge in [0.25, 0.3) is 0 Å². The molecule has 0 unspecified atom stereocenters. The predicted octanol–water partition coefficient (Wildman–Crippen LogP) is 4.57. The first-order valence-corrected chi connectivity index (χ1v) is 8.76. The maximum Gasteiger partial charge on any atom is 0.337 e. The van der Waals surface area contributed by atoms with E-state index in [2.05, 4.69) is 4.98 Å². The Hall–Kier alpha value is -2.50. The highest BCUT2D eigenvalue weighted by molar-refractivity contribution is 6.34. The van der Waals surface area contributed by atoms with E-state index in [-0.39, 0.29) is 5.56 Å². The van der Waals surface area contributed by atoms with Crippen LogP contribution in [0.1, 0.15) is 35.2 Å². The van der Waals surface area contributed by atoms with Crippen LogP contribution in [0.15, 0.2) is 36.5 Å². The normalized spacial score (nSPS) is 15.7. The lowest BCUT2D eigenvalue weighted by Crippen LogP contribution is -2.33. The molecule has 0 saturated heterocycles. The van der Waals surface area contributed by atoms with Crippen LogP contribution in [0.3, 0.4) is 0 Å². The maximum absolute atomic E-state index is 11.4. The van der Waals surface area contributed by atoms with Crippen LogP contribution in [0.4, 0.5) is 0 Å². The van der Waals surface area contributed by atoms with Crippen molar-refractivity contribution in [2.24, 2.45) is 0 Å². The fourth-order valence-electron chi connectivity index (χ4n) is 3.57. The van der Waals surface area contributed by atoms with Crippen LogP contribution in [0.2, 0.25) is 5.02 Å². The van der Waals surface area contributed by atoms with Crippen LogP contribution in [-0.4, -0.2) is 28.3 Å². The minimum absolute atomic E-state index is 0.199. The van der Waals surface area contributed by atoms with Crippen molar-refractivity contribution in [3.63, 3.8) is 0 Å². The summed E-state index contributed by atoms with van der Waals surface area (Å²) in [5, 5.41) is 21.1. The second-order valence-electron chi connectivity index (χ2n) is 6.69. The monoisotopic (exact) mass is 371 g/mol. The Morgan fingerprint density at radius 2 is 2.04 bits per heavy atom. The molecule has 0 spiro atoms. The number of halogens is 1. The molecule has 3 aromatic rings. The first kappa shape index (κ1) is 16.9. The zero-order valence-electron chi connectivity index (χ0n) is 14.2. The Balaban J connectivity index is 1.85. The lowest BCUT2D eigenvalue weighted by molar-refractivity contribution is -0.0404. The van der Waals surface area contributed by atoms with Crippen LogP contribution in [-0.2, 0) is 5.60 Å². The van der Waals surface area contributed by atoms with Crippen LogP contribution >= 0.6 is 11.6 Å². The fraction of sp³-hybridized carbons (Fsp3) is 0.250. The molecular weight excluding hydrogens is 354 g/mol. The molecule has 6 heteroatoms. The number of carboxylic acids is 1. The van der Waals surface area contributed by atoms with E-state index < -0.39 is 11.6 Å². The lowest BCUT2D eigenvalue weighted by Gasteiger charge is -2.38. The molecule has 2 aromatic carbocycles. The molecule has 3 N–H and O–H groups in total. The van der Waals surface area contributed by atoms with Gasteiger partial charge in [-0.1, -0.05) is 23.7 Å². The number of hydrogen-bond donors (Lipinski definition) is 3. The molecule has 26 heavy (non-hydrogen) atoms. The summed E-state index contributed by atoms with van der Waals surface area (Å²) in [5.41, 5.74) is 2.34. The number of fused-ring (bicyclic) bond motifs is 1.